The van der Waals surface area contributed by atoms with Crippen molar-refractivity contribution in [2.24, 2.45) is 17.2 Å². The van der Waals surface area contributed by atoms with Gasteiger partial charge >= 0.3 is 0 Å². The highest BCUT2D eigenvalue weighted by molar-refractivity contribution is 5.16. The fourth-order valence-electron chi connectivity index (χ4n) is 0.949. The molecule has 0 unspecified atom stereocenters. The van der Waals surface area contributed by atoms with Crippen LogP contribution in [0.2, 0.25) is 0 Å². The highest BCUT2D eigenvalue weighted by Gasteiger charge is 2.11. The van der Waals surface area contributed by atoms with Gasteiger partial charge in [-0.2, -0.15) is 0 Å². The summed E-state index contributed by atoms with van der Waals surface area (Å²) in [6.07, 6.45) is 0.494. The lowest BCUT2D eigenvalue weighted by atomic mass is 10.1. The predicted octanol–water partition coefficient (Wildman–Crippen LogP) is -0.241. The van der Waals surface area contributed by atoms with Crippen molar-refractivity contribution in [2.45, 2.75) is 12.2 Å². The summed E-state index contributed by atoms with van der Waals surface area (Å²) in [5.41, 5.74) is 17.3. The van der Waals surface area contributed by atoms with Crippen LogP contribution in [-0.4, -0.2) is 5.79 Å². The third kappa shape index (κ3) is 3.13. The van der Waals surface area contributed by atoms with E-state index < -0.39 is 5.79 Å². The Morgan fingerprint density at radius 2 is 1.55 bits per heavy atom. The molecule has 0 bridgehead atoms. The first-order valence-electron chi connectivity index (χ1n) is 3.48. The van der Waals surface area contributed by atoms with Crippen LogP contribution < -0.4 is 17.2 Å². The fourth-order valence-corrected chi connectivity index (χ4v) is 0.949. The average molecular weight is 151 g/mol. The zero-order valence-electron chi connectivity index (χ0n) is 6.33. The summed E-state index contributed by atoms with van der Waals surface area (Å²) < 4.78 is 0. The van der Waals surface area contributed by atoms with E-state index in [4.69, 9.17) is 17.2 Å². The van der Waals surface area contributed by atoms with E-state index in [1.165, 1.54) is 0 Å². The molecule has 0 heterocycles. The van der Waals surface area contributed by atoms with E-state index in [9.17, 15) is 0 Å². The molecule has 1 aromatic rings. The number of nitrogens with two attached hydrogens (primary N) is 3. The summed E-state index contributed by atoms with van der Waals surface area (Å²) >= 11 is 0. The number of hydrogen-bond donors (Lipinski definition) is 3. The van der Waals surface area contributed by atoms with E-state index in [0.717, 1.165) is 5.56 Å². The Kier molecular flexibility index (Phi) is 2.24. The molecule has 0 saturated heterocycles. The maximum Gasteiger partial charge on any atom is 0.119 e. The van der Waals surface area contributed by atoms with E-state index in [2.05, 4.69) is 0 Å². The van der Waals surface area contributed by atoms with E-state index >= 15 is 0 Å². The Morgan fingerprint density at radius 1 is 1.00 bits per heavy atom. The van der Waals surface area contributed by atoms with Crippen molar-refractivity contribution in [3.63, 3.8) is 0 Å². The highest BCUT2D eigenvalue weighted by atomic mass is 15.1. The molecule has 3 nitrogen and oxygen atoms in total. The summed E-state index contributed by atoms with van der Waals surface area (Å²) in [6, 6.07) is 9.69. The largest absolute Gasteiger partial charge is 0.301 e. The van der Waals surface area contributed by atoms with Gasteiger partial charge in [-0.25, -0.2) is 0 Å². The number of rotatable bonds is 2. The maximum atomic E-state index is 5.42. The lowest BCUT2D eigenvalue weighted by Gasteiger charge is -2.17. The number of hydrogen-bond acceptors (Lipinski definition) is 3. The molecule has 0 aliphatic rings. The lowest BCUT2D eigenvalue weighted by Crippen LogP contribution is -2.59. The minimum Gasteiger partial charge on any atom is -0.301 e. The summed E-state index contributed by atoms with van der Waals surface area (Å²) in [5, 5.41) is 0. The minimum absolute atomic E-state index is 0.494. The first-order valence-corrected chi connectivity index (χ1v) is 3.48. The normalized spacial score (nSPS) is 11.5. The molecule has 0 saturated carbocycles. The van der Waals surface area contributed by atoms with Crippen LogP contribution >= 0.6 is 0 Å². The van der Waals surface area contributed by atoms with Gasteiger partial charge < -0.3 is 17.2 Å². The second-order valence-electron chi connectivity index (χ2n) is 2.77. The molecule has 6 N–H and O–H groups in total. The van der Waals surface area contributed by atoms with Crippen molar-refractivity contribution in [2.75, 3.05) is 0 Å². The predicted molar refractivity (Wildman–Crippen MR) is 45.4 cm³/mol. The van der Waals surface area contributed by atoms with Gasteiger partial charge in [0.15, 0.2) is 0 Å². The lowest BCUT2D eigenvalue weighted by molar-refractivity contribution is 0.459. The highest BCUT2D eigenvalue weighted by Crippen LogP contribution is 2.01. The van der Waals surface area contributed by atoms with Crippen LogP contribution in [-0.2, 0) is 6.42 Å². The molecule has 0 aliphatic heterocycles. The molecule has 3 heteroatoms. The van der Waals surface area contributed by atoms with Crippen LogP contribution in [0.15, 0.2) is 30.3 Å². The first-order chi connectivity index (χ1) is 5.08. The summed E-state index contributed by atoms with van der Waals surface area (Å²) in [5.74, 6) is -1.10. The Bertz CT molecular complexity index is 213. The van der Waals surface area contributed by atoms with E-state index in [0.29, 0.717) is 6.42 Å². The van der Waals surface area contributed by atoms with Crippen LogP contribution in [0.4, 0.5) is 0 Å². The van der Waals surface area contributed by atoms with Crippen LogP contribution in [0.5, 0.6) is 0 Å². The molecule has 0 radical (unpaired) electrons. The van der Waals surface area contributed by atoms with Gasteiger partial charge in [-0.3, -0.25) is 0 Å². The fraction of sp³-hybridized carbons (Fsp3) is 0.250. The van der Waals surface area contributed by atoms with Crippen LogP contribution in [0.3, 0.4) is 0 Å². The van der Waals surface area contributed by atoms with Gasteiger partial charge in [-0.15, -0.1) is 0 Å². The summed E-state index contributed by atoms with van der Waals surface area (Å²) in [4.78, 5) is 0. The van der Waals surface area contributed by atoms with Gasteiger partial charge in [0, 0.05) is 6.42 Å². The molecule has 0 atom stereocenters. The van der Waals surface area contributed by atoms with Crippen molar-refractivity contribution in [1.82, 2.24) is 0 Å². The molecule has 1 rings (SSSR count). The minimum atomic E-state index is -1.10. The summed E-state index contributed by atoms with van der Waals surface area (Å²) in [7, 11) is 0. The van der Waals surface area contributed by atoms with Crippen molar-refractivity contribution in [3.05, 3.63) is 35.9 Å². The third-order valence-electron chi connectivity index (χ3n) is 1.35. The third-order valence-corrected chi connectivity index (χ3v) is 1.35. The van der Waals surface area contributed by atoms with Crippen molar-refractivity contribution in [3.8, 4) is 0 Å². The Labute approximate surface area is 66.2 Å². The zero-order chi connectivity index (χ0) is 8.32. The molecule has 0 aliphatic carbocycles. The molecule has 0 spiro atoms. The molecule has 0 aromatic heterocycles. The molecule has 60 valence electrons. The van der Waals surface area contributed by atoms with Gasteiger partial charge in [0.2, 0.25) is 0 Å². The van der Waals surface area contributed by atoms with Gasteiger partial charge in [0.25, 0.3) is 0 Å². The van der Waals surface area contributed by atoms with Crippen LogP contribution in [0.1, 0.15) is 5.56 Å². The van der Waals surface area contributed by atoms with E-state index in [1.54, 1.807) is 0 Å². The Balaban J connectivity index is 2.66. The second-order valence-corrected chi connectivity index (χ2v) is 2.77. The first kappa shape index (κ1) is 8.20. The number of benzene rings is 1. The van der Waals surface area contributed by atoms with Gasteiger partial charge in [0.1, 0.15) is 5.79 Å². The molecule has 0 fully saturated rings. The molecule has 0 amide bonds. The van der Waals surface area contributed by atoms with Gasteiger partial charge in [-0.05, 0) is 5.56 Å². The molecule has 11 heavy (non-hydrogen) atoms. The maximum absolute atomic E-state index is 5.42. The van der Waals surface area contributed by atoms with E-state index in [-0.39, 0.29) is 0 Å². The van der Waals surface area contributed by atoms with E-state index in [1.807, 2.05) is 30.3 Å². The molecule has 1 aromatic carbocycles. The molecular formula is C8H13N3. The Morgan fingerprint density at radius 3 is 2.00 bits per heavy atom. The standard InChI is InChI=1S/C8H13N3/c9-8(10,11)6-7-4-2-1-3-5-7/h1-5H,6,9-11H2. The van der Waals surface area contributed by atoms with Gasteiger partial charge in [-0.1, -0.05) is 30.3 Å². The molecular weight excluding hydrogens is 138 g/mol. The second kappa shape index (κ2) is 3.00. The van der Waals surface area contributed by atoms with Crippen LogP contribution in [0.25, 0.3) is 0 Å². The SMILES string of the molecule is NC(N)(N)Cc1ccccc1. The van der Waals surface area contributed by atoms with Gasteiger partial charge in [0.05, 0.1) is 0 Å². The Hall–Kier alpha value is -0.900. The monoisotopic (exact) mass is 151 g/mol. The summed E-state index contributed by atoms with van der Waals surface area (Å²) in [6.45, 7) is 0. The van der Waals surface area contributed by atoms with Crippen molar-refractivity contribution >= 4 is 0 Å². The van der Waals surface area contributed by atoms with Crippen molar-refractivity contribution < 1.29 is 0 Å². The quantitative estimate of drug-likeness (QED) is 0.510. The topological polar surface area (TPSA) is 78.1 Å². The van der Waals surface area contributed by atoms with Crippen LogP contribution in [0, 0.1) is 0 Å². The van der Waals surface area contributed by atoms with Crippen molar-refractivity contribution in [1.29, 1.82) is 0 Å². The zero-order valence-corrected chi connectivity index (χ0v) is 6.33. The average Bonchev–Trinajstić information content (AvgIpc) is 1.85. The smallest absolute Gasteiger partial charge is 0.119 e.